The molecule has 0 amide bonds. The van der Waals surface area contributed by atoms with E-state index in [2.05, 4.69) is 50.3 Å². The second-order valence-electron chi connectivity index (χ2n) is 5.21. The van der Waals surface area contributed by atoms with Crippen molar-refractivity contribution in [3.05, 3.63) is 66.0 Å². The number of nitrogens with zero attached hydrogens (tertiary/aromatic N) is 4. The number of halogens is 2. The van der Waals surface area contributed by atoms with Gasteiger partial charge in [-0.1, -0.05) is 36.4 Å². The van der Waals surface area contributed by atoms with E-state index in [-0.39, 0.29) is 24.8 Å². The number of hydrogen-bond acceptors (Lipinski definition) is 4. The second kappa shape index (κ2) is 10.2. The molecule has 0 unspecified atom stereocenters. The zero-order valence-corrected chi connectivity index (χ0v) is 14.5. The third kappa shape index (κ3) is 6.18. The first-order valence-electron chi connectivity index (χ1n) is 7.36. The van der Waals surface area contributed by atoms with Crippen LogP contribution in [0.2, 0.25) is 0 Å². The minimum absolute atomic E-state index is 0. The van der Waals surface area contributed by atoms with Gasteiger partial charge in [0.2, 0.25) is 0 Å². The number of benzene rings is 1. The fourth-order valence-corrected chi connectivity index (χ4v) is 2.45. The lowest BCUT2D eigenvalue weighted by Crippen LogP contribution is -2.43. The zero-order chi connectivity index (χ0) is 14.3. The van der Waals surface area contributed by atoms with E-state index in [1.165, 1.54) is 5.56 Å². The molecular formula is C17H22Cl2N4. The molecule has 0 saturated carbocycles. The van der Waals surface area contributed by atoms with Crippen molar-refractivity contribution < 1.29 is 0 Å². The summed E-state index contributed by atoms with van der Waals surface area (Å²) in [5.41, 5.74) is 2.28. The first-order valence-corrected chi connectivity index (χ1v) is 7.36. The molecule has 1 aromatic heterocycles. The number of aromatic nitrogens is 1. The Labute approximate surface area is 150 Å². The molecular weight excluding hydrogens is 331 g/mol. The molecule has 1 saturated heterocycles. The van der Waals surface area contributed by atoms with Crippen LogP contribution in [0.1, 0.15) is 11.3 Å². The molecule has 0 bridgehead atoms. The molecule has 0 N–H and O–H groups in total. The van der Waals surface area contributed by atoms with Crippen molar-refractivity contribution in [1.82, 2.24) is 14.9 Å². The molecule has 0 atom stereocenters. The van der Waals surface area contributed by atoms with Gasteiger partial charge in [0.15, 0.2) is 0 Å². The van der Waals surface area contributed by atoms with Gasteiger partial charge < -0.3 is 0 Å². The predicted octanol–water partition coefficient (Wildman–Crippen LogP) is 3.08. The van der Waals surface area contributed by atoms with Gasteiger partial charge >= 0.3 is 0 Å². The van der Waals surface area contributed by atoms with E-state index in [4.69, 9.17) is 0 Å². The minimum atomic E-state index is 0. The van der Waals surface area contributed by atoms with Crippen molar-refractivity contribution in [1.29, 1.82) is 0 Å². The number of hydrazone groups is 1. The molecule has 1 aromatic carbocycles. The SMILES string of the molecule is C(=N/N1CCN(Cc2ccccc2)CC1)/c1ccccn1.Cl.Cl. The van der Waals surface area contributed by atoms with Crippen LogP contribution in [0, 0.1) is 0 Å². The Morgan fingerprint density at radius 1 is 0.913 bits per heavy atom. The summed E-state index contributed by atoms with van der Waals surface area (Å²) in [6.45, 7) is 5.06. The fraction of sp³-hybridized carbons (Fsp3) is 0.294. The maximum Gasteiger partial charge on any atom is 0.0830 e. The quantitative estimate of drug-likeness (QED) is 0.792. The van der Waals surface area contributed by atoms with Gasteiger partial charge in [0.25, 0.3) is 0 Å². The summed E-state index contributed by atoms with van der Waals surface area (Å²) in [6, 6.07) is 16.5. The third-order valence-electron chi connectivity index (χ3n) is 3.64. The molecule has 1 aliphatic heterocycles. The van der Waals surface area contributed by atoms with Crippen LogP contribution in [0.15, 0.2) is 59.8 Å². The van der Waals surface area contributed by atoms with Crippen LogP contribution in [0.4, 0.5) is 0 Å². The summed E-state index contributed by atoms with van der Waals surface area (Å²) in [5, 5.41) is 6.64. The van der Waals surface area contributed by atoms with Crippen LogP contribution in [0.3, 0.4) is 0 Å². The highest BCUT2D eigenvalue weighted by Gasteiger charge is 2.15. The fourth-order valence-electron chi connectivity index (χ4n) is 2.45. The molecule has 6 heteroatoms. The normalized spacial score (nSPS) is 15.0. The summed E-state index contributed by atoms with van der Waals surface area (Å²) in [5.74, 6) is 0. The smallest absolute Gasteiger partial charge is 0.0830 e. The van der Waals surface area contributed by atoms with Gasteiger partial charge in [0, 0.05) is 38.9 Å². The van der Waals surface area contributed by atoms with Crippen LogP contribution in [-0.2, 0) is 6.54 Å². The monoisotopic (exact) mass is 352 g/mol. The van der Waals surface area contributed by atoms with Crippen molar-refractivity contribution >= 4 is 31.0 Å². The number of pyridine rings is 1. The summed E-state index contributed by atoms with van der Waals surface area (Å²) in [7, 11) is 0. The first kappa shape index (κ1) is 19.4. The van der Waals surface area contributed by atoms with Gasteiger partial charge in [-0.05, 0) is 17.7 Å². The molecule has 124 valence electrons. The van der Waals surface area contributed by atoms with Crippen molar-refractivity contribution in [2.45, 2.75) is 6.54 Å². The standard InChI is InChI=1S/C17H20N4.2ClH/c1-2-6-16(7-3-1)15-20-10-12-21(13-11-20)19-14-17-8-4-5-9-18-17;;/h1-9,14H,10-13,15H2;2*1H/b19-14-;;. The lowest BCUT2D eigenvalue weighted by Gasteiger charge is -2.33. The van der Waals surface area contributed by atoms with Crippen LogP contribution < -0.4 is 0 Å². The van der Waals surface area contributed by atoms with Gasteiger partial charge in [0.05, 0.1) is 11.9 Å². The molecule has 0 spiro atoms. The number of piperazine rings is 1. The van der Waals surface area contributed by atoms with E-state index in [1.54, 1.807) is 6.20 Å². The van der Waals surface area contributed by atoms with Gasteiger partial charge in [0.1, 0.15) is 0 Å². The van der Waals surface area contributed by atoms with Gasteiger partial charge in [-0.25, -0.2) is 0 Å². The average molecular weight is 353 g/mol. The zero-order valence-electron chi connectivity index (χ0n) is 12.9. The molecule has 23 heavy (non-hydrogen) atoms. The van der Waals surface area contributed by atoms with Crippen LogP contribution in [-0.4, -0.2) is 47.3 Å². The first-order chi connectivity index (χ1) is 10.4. The van der Waals surface area contributed by atoms with E-state index < -0.39 is 0 Å². The average Bonchev–Trinajstić information content (AvgIpc) is 2.56. The van der Waals surface area contributed by atoms with Crippen molar-refractivity contribution in [2.24, 2.45) is 5.10 Å². The maximum atomic E-state index is 4.51. The lowest BCUT2D eigenvalue weighted by atomic mass is 10.2. The Morgan fingerprint density at radius 3 is 2.26 bits per heavy atom. The van der Waals surface area contributed by atoms with Crippen molar-refractivity contribution in [3.63, 3.8) is 0 Å². The summed E-state index contributed by atoms with van der Waals surface area (Å²) >= 11 is 0. The van der Waals surface area contributed by atoms with Crippen LogP contribution in [0.25, 0.3) is 0 Å². The molecule has 1 aliphatic rings. The molecule has 4 nitrogen and oxygen atoms in total. The van der Waals surface area contributed by atoms with Gasteiger partial charge in [-0.3, -0.25) is 14.9 Å². The summed E-state index contributed by atoms with van der Waals surface area (Å²) < 4.78 is 0. The lowest BCUT2D eigenvalue weighted by molar-refractivity contribution is 0.131. The molecule has 0 aliphatic carbocycles. The van der Waals surface area contributed by atoms with E-state index >= 15 is 0 Å². The minimum Gasteiger partial charge on any atom is -0.295 e. The van der Waals surface area contributed by atoms with Crippen molar-refractivity contribution in [3.8, 4) is 0 Å². The Kier molecular flexibility index (Phi) is 8.62. The third-order valence-corrected chi connectivity index (χ3v) is 3.64. The molecule has 0 radical (unpaired) electrons. The largest absolute Gasteiger partial charge is 0.295 e. The molecule has 1 fully saturated rings. The summed E-state index contributed by atoms with van der Waals surface area (Å²) in [4.78, 5) is 6.72. The second-order valence-corrected chi connectivity index (χ2v) is 5.21. The van der Waals surface area contributed by atoms with Crippen LogP contribution >= 0.6 is 24.8 Å². The highest BCUT2D eigenvalue weighted by molar-refractivity contribution is 5.85. The van der Waals surface area contributed by atoms with Crippen molar-refractivity contribution in [2.75, 3.05) is 26.2 Å². The number of rotatable bonds is 4. The van der Waals surface area contributed by atoms with Gasteiger partial charge in [-0.2, -0.15) is 5.10 Å². The summed E-state index contributed by atoms with van der Waals surface area (Å²) in [6.07, 6.45) is 3.63. The Balaban J connectivity index is 0.00000132. The molecule has 2 heterocycles. The van der Waals surface area contributed by atoms with E-state index in [0.717, 1.165) is 38.4 Å². The van der Waals surface area contributed by atoms with E-state index in [1.807, 2.05) is 24.4 Å². The highest BCUT2D eigenvalue weighted by atomic mass is 35.5. The van der Waals surface area contributed by atoms with E-state index in [0.29, 0.717) is 0 Å². The topological polar surface area (TPSA) is 31.7 Å². The highest BCUT2D eigenvalue weighted by Crippen LogP contribution is 2.08. The van der Waals surface area contributed by atoms with E-state index in [9.17, 15) is 0 Å². The maximum absolute atomic E-state index is 4.51. The Bertz CT molecular complexity index is 570. The van der Waals surface area contributed by atoms with Gasteiger partial charge in [-0.15, -0.1) is 24.8 Å². The Hall–Kier alpha value is -1.62. The van der Waals surface area contributed by atoms with Crippen LogP contribution in [0.5, 0.6) is 0 Å². The molecule has 2 aromatic rings. The number of hydrogen-bond donors (Lipinski definition) is 0. The Morgan fingerprint density at radius 2 is 1.61 bits per heavy atom. The predicted molar refractivity (Wildman–Crippen MR) is 99.6 cm³/mol. The molecule has 3 rings (SSSR count).